The van der Waals surface area contributed by atoms with E-state index in [1.807, 2.05) is 18.7 Å². The first-order chi connectivity index (χ1) is 8.13. The van der Waals surface area contributed by atoms with E-state index < -0.39 is 12.6 Å². The predicted molar refractivity (Wildman–Crippen MR) is 69.6 cm³/mol. The zero-order chi connectivity index (χ0) is 14.3. The normalized spacial score (nSPS) is 14.8. The largest absolute Gasteiger partial charge is 0.390 e. The van der Waals surface area contributed by atoms with Crippen molar-refractivity contribution in [2.45, 2.75) is 46.3 Å². The van der Waals surface area contributed by atoms with Crippen LogP contribution in [0.25, 0.3) is 0 Å². The Bertz CT molecular complexity index is 215. The van der Waals surface area contributed by atoms with Crippen LogP contribution in [0.15, 0.2) is 0 Å². The van der Waals surface area contributed by atoms with Gasteiger partial charge in [0, 0.05) is 19.1 Å². The van der Waals surface area contributed by atoms with Gasteiger partial charge in [0.1, 0.15) is 0 Å². The number of alkyl halides is 3. The van der Waals surface area contributed by atoms with Gasteiger partial charge in [-0.05, 0) is 25.4 Å². The van der Waals surface area contributed by atoms with E-state index in [4.69, 9.17) is 0 Å². The van der Waals surface area contributed by atoms with Crippen LogP contribution in [0.2, 0.25) is 0 Å². The Morgan fingerprint density at radius 2 is 1.61 bits per heavy atom. The Morgan fingerprint density at radius 1 is 1.06 bits per heavy atom. The third-order valence-electron chi connectivity index (χ3n) is 2.99. The van der Waals surface area contributed by atoms with Gasteiger partial charge in [0.05, 0.1) is 6.42 Å². The van der Waals surface area contributed by atoms with E-state index in [1.54, 1.807) is 7.05 Å². The van der Waals surface area contributed by atoms with Crippen LogP contribution in [0.3, 0.4) is 0 Å². The Morgan fingerprint density at radius 3 is 2.00 bits per heavy atom. The molecule has 1 unspecified atom stereocenters. The molecule has 0 amide bonds. The average molecular weight is 268 g/mol. The molecule has 0 aliphatic heterocycles. The maximum Gasteiger partial charge on any atom is 0.390 e. The quantitative estimate of drug-likeness (QED) is 0.727. The lowest BCUT2D eigenvalue weighted by molar-refractivity contribution is -0.138. The standard InChI is InChI=1S/C13H27F3N2/c1-10(2)8-17-9-12(11(3)4)18(5)7-6-13(14,15)16/h10-12,17H,6-9H2,1-5H3. The minimum atomic E-state index is -4.07. The fourth-order valence-corrected chi connectivity index (χ4v) is 1.89. The van der Waals surface area contributed by atoms with Gasteiger partial charge in [-0.1, -0.05) is 27.7 Å². The van der Waals surface area contributed by atoms with E-state index in [0.717, 1.165) is 13.1 Å². The molecular formula is C13H27F3N2. The molecule has 5 heteroatoms. The highest BCUT2D eigenvalue weighted by molar-refractivity contribution is 4.75. The molecule has 0 aliphatic carbocycles. The molecule has 0 aromatic rings. The second kappa shape index (κ2) is 8.00. The first-order valence-corrected chi connectivity index (χ1v) is 6.61. The van der Waals surface area contributed by atoms with Crippen LogP contribution in [0.5, 0.6) is 0 Å². The number of rotatable bonds is 8. The maximum absolute atomic E-state index is 12.2. The fourth-order valence-electron chi connectivity index (χ4n) is 1.89. The lowest BCUT2D eigenvalue weighted by atomic mass is 10.0. The van der Waals surface area contributed by atoms with Gasteiger partial charge in [0.2, 0.25) is 0 Å². The Hall–Kier alpha value is -0.290. The summed E-state index contributed by atoms with van der Waals surface area (Å²) in [5.41, 5.74) is 0. The minimum absolute atomic E-state index is 0.0652. The summed E-state index contributed by atoms with van der Waals surface area (Å²) in [6.45, 7) is 10.0. The fraction of sp³-hybridized carbons (Fsp3) is 1.00. The summed E-state index contributed by atoms with van der Waals surface area (Å²) in [4.78, 5) is 1.81. The Balaban J connectivity index is 4.15. The van der Waals surface area contributed by atoms with Gasteiger partial charge >= 0.3 is 6.18 Å². The number of likely N-dealkylation sites (N-methyl/N-ethyl adjacent to an activating group) is 1. The zero-order valence-electron chi connectivity index (χ0n) is 12.1. The monoisotopic (exact) mass is 268 g/mol. The average Bonchev–Trinajstić information content (AvgIpc) is 2.19. The Labute approximate surface area is 109 Å². The van der Waals surface area contributed by atoms with E-state index in [0.29, 0.717) is 11.8 Å². The summed E-state index contributed by atoms with van der Waals surface area (Å²) in [5.74, 6) is 0.890. The van der Waals surface area contributed by atoms with E-state index in [9.17, 15) is 13.2 Å². The number of nitrogens with one attached hydrogen (secondary N) is 1. The topological polar surface area (TPSA) is 15.3 Å². The molecule has 0 saturated carbocycles. The molecular weight excluding hydrogens is 241 g/mol. The van der Waals surface area contributed by atoms with Crippen molar-refractivity contribution in [1.82, 2.24) is 10.2 Å². The van der Waals surface area contributed by atoms with Crippen molar-refractivity contribution in [3.8, 4) is 0 Å². The van der Waals surface area contributed by atoms with E-state index in [-0.39, 0.29) is 12.6 Å². The van der Waals surface area contributed by atoms with Crippen molar-refractivity contribution in [2.24, 2.45) is 11.8 Å². The smallest absolute Gasteiger partial charge is 0.315 e. The zero-order valence-corrected chi connectivity index (χ0v) is 12.1. The summed E-state index contributed by atoms with van der Waals surface area (Å²) in [6.07, 6.45) is -4.81. The highest BCUT2D eigenvalue weighted by Gasteiger charge is 2.29. The van der Waals surface area contributed by atoms with Crippen molar-refractivity contribution >= 4 is 0 Å². The third kappa shape index (κ3) is 8.75. The second-order valence-electron chi connectivity index (χ2n) is 5.71. The molecule has 1 atom stereocenters. The van der Waals surface area contributed by atoms with Gasteiger partial charge in [0.25, 0.3) is 0 Å². The molecule has 0 radical (unpaired) electrons. The number of hydrogen-bond acceptors (Lipinski definition) is 2. The van der Waals surface area contributed by atoms with Gasteiger partial charge in [-0.15, -0.1) is 0 Å². The van der Waals surface area contributed by atoms with Crippen LogP contribution in [-0.4, -0.2) is 43.8 Å². The highest BCUT2D eigenvalue weighted by Crippen LogP contribution is 2.20. The minimum Gasteiger partial charge on any atom is -0.315 e. The molecule has 1 N–H and O–H groups in total. The summed E-state index contributed by atoms with van der Waals surface area (Å²) < 4.78 is 36.6. The van der Waals surface area contributed by atoms with Gasteiger partial charge in [-0.25, -0.2) is 0 Å². The summed E-state index contributed by atoms with van der Waals surface area (Å²) in [7, 11) is 1.77. The molecule has 110 valence electrons. The molecule has 0 bridgehead atoms. The molecule has 0 rings (SSSR count). The molecule has 0 aromatic heterocycles. The summed E-state index contributed by atoms with van der Waals surface area (Å²) in [5, 5.41) is 3.32. The molecule has 0 spiro atoms. The maximum atomic E-state index is 12.2. The molecule has 18 heavy (non-hydrogen) atoms. The molecule has 2 nitrogen and oxygen atoms in total. The SMILES string of the molecule is CC(C)CNCC(C(C)C)N(C)CCC(F)(F)F. The molecule has 0 saturated heterocycles. The van der Waals surface area contributed by atoms with Gasteiger partial charge in [0.15, 0.2) is 0 Å². The molecule has 0 aromatic carbocycles. The van der Waals surface area contributed by atoms with Crippen molar-refractivity contribution in [2.75, 3.05) is 26.7 Å². The van der Waals surface area contributed by atoms with Crippen molar-refractivity contribution in [1.29, 1.82) is 0 Å². The van der Waals surface area contributed by atoms with Crippen LogP contribution in [-0.2, 0) is 0 Å². The number of halogens is 3. The number of hydrogen-bond donors (Lipinski definition) is 1. The van der Waals surface area contributed by atoms with Crippen LogP contribution < -0.4 is 5.32 Å². The Kier molecular flexibility index (Phi) is 7.87. The lowest BCUT2D eigenvalue weighted by Gasteiger charge is -2.32. The highest BCUT2D eigenvalue weighted by atomic mass is 19.4. The van der Waals surface area contributed by atoms with Crippen LogP contribution >= 0.6 is 0 Å². The van der Waals surface area contributed by atoms with Crippen LogP contribution in [0, 0.1) is 11.8 Å². The van der Waals surface area contributed by atoms with Crippen molar-refractivity contribution < 1.29 is 13.2 Å². The predicted octanol–water partition coefficient (Wildman–Crippen LogP) is 3.14. The summed E-state index contributed by atoms with van der Waals surface area (Å²) >= 11 is 0. The van der Waals surface area contributed by atoms with E-state index in [2.05, 4.69) is 19.2 Å². The van der Waals surface area contributed by atoms with Crippen molar-refractivity contribution in [3.05, 3.63) is 0 Å². The first-order valence-electron chi connectivity index (χ1n) is 6.61. The van der Waals surface area contributed by atoms with E-state index in [1.165, 1.54) is 0 Å². The third-order valence-corrected chi connectivity index (χ3v) is 2.99. The second-order valence-corrected chi connectivity index (χ2v) is 5.71. The number of nitrogens with zero attached hydrogens (tertiary/aromatic N) is 1. The molecule has 0 aliphatic rings. The first kappa shape index (κ1) is 17.7. The van der Waals surface area contributed by atoms with Crippen LogP contribution in [0.4, 0.5) is 13.2 Å². The van der Waals surface area contributed by atoms with Gasteiger partial charge < -0.3 is 10.2 Å². The molecule has 0 fully saturated rings. The van der Waals surface area contributed by atoms with Crippen molar-refractivity contribution in [3.63, 3.8) is 0 Å². The lowest BCUT2D eigenvalue weighted by Crippen LogP contribution is -2.45. The van der Waals surface area contributed by atoms with Crippen LogP contribution in [0.1, 0.15) is 34.1 Å². The van der Waals surface area contributed by atoms with E-state index >= 15 is 0 Å². The summed E-state index contributed by atoms with van der Waals surface area (Å²) in [6, 6.07) is 0.145. The van der Waals surface area contributed by atoms with Gasteiger partial charge in [-0.3, -0.25) is 0 Å². The van der Waals surface area contributed by atoms with Gasteiger partial charge in [-0.2, -0.15) is 13.2 Å². The molecule has 0 heterocycles.